The molecule has 1 unspecified atom stereocenters. The van der Waals surface area contributed by atoms with Gasteiger partial charge in [0, 0.05) is 18.1 Å². The molecular weight excluding hydrogens is 348 g/mol. The Labute approximate surface area is 146 Å². The van der Waals surface area contributed by atoms with Gasteiger partial charge in [0.2, 0.25) is 15.9 Å². The lowest BCUT2D eigenvalue weighted by Crippen LogP contribution is -2.52. The molecule has 0 aliphatic carbocycles. The largest absolute Gasteiger partial charge is 0.353 e. The second-order valence-electron chi connectivity index (χ2n) is 5.68. The summed E-state index contributed by atoms with van der Waals surface area (Å²) in [4.78, 5) is 12.5. The summed E-state index contributed by atoms with van der Waals surface area (Å²) in [5.74, 6) is -0.323. The molecule has 1 N–H and O–H groups in total. The van der Waals surface area contributed by atoms with Gasteiger partial charge in [-0.3, -0.25) is 4.79 Å². The van der Waals surface area contributed by atoms with E-state index in [2.05, 4.69) is 5.32 Å². The third kappa shape index (κ3) is 3.17. The van der Waals surface area contributed by atoms with Crippen molar-refractivity contribution in [3.63, 3.8) is 0 Å². The van der Waals surface area contributed by atoms with Crippen LogP contribution in [0.25, 0.3) is 0 Å². The molecule has 1 fully saturated rings. The summed E-state index contributed by atoms with van der Waals surface area (Å²) in [5.41, 5.74) is 1.68. The molecule has 0 bridgehead atoms. The minimum Gasteiger partial charge on any atom is -0.353 e. The molecule has 3 rings (SSSR count). The molecule has 1 aliphatic heterocycles. The first-order valence-corrected chi connectivity index (χ1v) is 9.33. The van der Waals surface area contributed by atoms with Crippen LogP contribution in [0.2, 0.25) is 5.02 Å². The molecule has 2 aromatic rings. The van der Waals surface area contributed by atoms with Gasteiger partial charge >= 0.3 is 0 Å². The molecule has 0 aromatic heterocycles. The number of halogens is 1. The van der Waals surface area contributed by atoms with E-state index >= 15 is 0 Å². The van der Waals surface area contributed by atoms with Gasteiger partial charge in [0.1, 0.15) is 6.04 Å². The maximum absolute atomic E-state index is 13.0. The third-order valence-electron chi connectivity index (χ3n) is 3.96. The Balaban J connectivity index is 2.06. The lowest BCUT2D eigenvalue weighted by molar-refractivity contribution is -0.126. The van der Waals surface area contributed by atoms with Crippen LogP contribution in [0.5, 0.6) is 0 Å². The van der Waals surface area contributed by atoms with Crippen LogP contribution in [-0.4, -0.2) is 31.7 Å². The zero-order valence-corrected chi connectivity index (χ0v) is 14.6. The van der Waals surface area contributed by atoms with Crippen LogP contribution in [-0.2, 0) is 14.8 Å². The third-order valence-corrected chi connectivity index (χ3v) is 6.06. The average Bonchev–Trinajstić information content (AvgIpc) is 2.55. The van der Waals surface area contributed by atoms with Gasteiger partial charge in [-0.25, -0.2) is 8.42 Å². The zero-order valence-electron chi connectivity index (χ0n) is 13.1. The van der Waals surface area contributed by atoms with Crippen molar-refractivity contribution in [3.05, 3.63) is 64.7 Å². The number of carbonyl (C=O) groups excluding carboxylic acids is 1. The van der Waals surface area contributed by atoms with E-state index in [1.165, 1.54) is 16.4 Å². The molecule has 1 saturated heterocycles. The minimum absolute atomic E-state index is 0.0850. The molecule has 0 spiro atoms. The van der Waals surface area contributed by atoms with E-state index in [0.29, 0.717) is 10.6 Å². The maximum Gasteiger partial charge on any atom is 0.244 e. The normalized spacial score (nSPS) is 19.1. The number of hydrogen-bond donors (Lipinski definition) is 1. The molecule has 1 amide bonds. The SMILES string of the molecule is Cc1ccc(C2C(=O)NCCN2S(=O)(=O)c2cccc(Cl)c2)cc1. The van der Waals surface area contributed by atoms with Crippen LogP contribution in [0, 0.1) is 6.92 Å². The number of amides is 1. The van der Waals surface area contributed by atoms with Crippen molar-refractivity contribution in [1.29, 1.82) is 0 Å². The molecular formula is C17H17ClN2O3S. The fraction of sp³-hybridized carbons (Fsp3) is 0.235. The van der Waals surface area contributed by atoms with Gasteiger partial charge in [-0.1, -0.05) is 47.5 Å². The van der Waals surface area contributed by atoms with Crippen molar-refractivity contribution < 1.29 is 13.2 Å². The minimum atomic E-state index is -3.84. The van der Waals surface area contributed by atoms with E-state index in [9.17, 15) is 13.2 Å². The summed E-state index contributed by atoms with van der Waals surface area (Å²) in [7, 11) is -3.84. The Morgan fingerprint density at radius 2 is 1.88 bits per heavy atom. The number of aryl methyl sites for hydroxylation is 1. The molecule has 24 heavy (non-hydrogen) atoms. The highest BCUT2D eigenvalue weighted by molar-refractivity contribution is 7.89. The van der Waals surface area contributed by atoms with Gasteiger partial charge in [-0.15, -0.1) is 0 Å². The number of benzene rings is 2. The zero-order chi connectivity index (χ0) is 17.3. The van der Waals surface area contributed by atoms with Gasteiger partial charge in [0.15, 0.2) is 0 Å². The summed E-state index contributed by atoms with van der Waals surface area (Å²) in [6.45, 7) is 2.42. The van der Waals surface area contributed by atoms with Gasteiger partial charge < -0.3 is 5.32 Å². The second-order valence-corrected chi connectivity index (χ2v) is 8.00. The first-order chi connectivity index (χ1) is 11.4. The summed E-state index contributed by atoms with van der Waals surface area (Å²) in [5, 5.41) is 3.08. The van der Waals surface area contributed by atoms with Crippen molar-refractivity contribution in [2.45, 2.75) is 17.9 Å². The Kier molecular flexibility index (Phi) is 4.62. The lowest BCUT2D eigenvalue weighted by atomic mass is 10.0. The number of nitrogens with one attached hydrogen (secondary N) is 1. The van der Waals surface area contributed by atoms with Crippen molar-refractivity contribution >= 4 is 27.5 Å². The maximum atomic E-state index is 13.0. The van der Waals surface area contributed by atoms with Crippen LogP contribution >= 0.6 is 11.6 Å². The second kappa shape index (κ2) is 6.55. The van der Waals surface area contributed by atoms with E-state index in [-0.39, 0.29) is 23.9 Å². The number of piperazine rings is 1. The van der Waals surface area contributed by atoms with Crippen LogP contribution < -0.4 is 5.32 Å². The Morgan fingerprint density at radius 1 is 1.17 bits per heavy atom. The lowest BCUT2D eigenvalue weighted by Gasteiger charge is -2.34. The van der Waals surface area contributed by atoms with Crippen molar-refractivity contribution in [1.82, 2.24) is 9.62 Å². The average molecular weight is 365 g/mol. The predicted molar refractivity (Wildman–Crippen MR) is 92.3 cm³/mol. The molecule has 126 valence electrons. The standard InChI is InChI=1S/C17H17ClN2O3S/c1-12-5-7-13(8-6-12)16-17(21)19-9-10-20(16)24(22,23)15-4-2-3-14(18)11-15/h2-8,11,16H,9-10H2,1H3,(H,19,21). The molecule has 0 saturated carbocycles. The van der Waals surface area contributed by atoms with Crippen molar-refractivity contribution in [2.75, 3.05) is 13.1 Å². The quantitative estimate of drug-likeness (QED) is 0.910. The van der Waals surface area contributed by atoms with Crippen molar-refractivity contribution in [3.8, 4) is 0 Å². The number of hydrogen-bond acceptors (Lipinski definition) is 3. The smallest absolute Gasteiger partial charge is 0.244 e. The molecule has 7 heteroatoms. The van der Waals surface area contributed by atoms with Crippen LogP contribution in [0.4, 0.5) is 0 Å². The number of carbonyl (C=O) groups is 1. The topological polar surface area (TPSA) is 66.5 Å². The fourth-order valence-electron chi connectivity index (χ4n) is 2.73. The van der Waals surface area contributed by atoms with E-state index in [1.807, 2.05) is 19.1 Å². The Morgan fingerprint density at radius 3 is 2.54 bits per heavy atom. The van der Waals surface area contributed by atoms with E-state index in [0.717, 1.165) is 5.56 Å². The highest BCUT2D eigenvalue weighted by Gasteiger charge is 2.39. The number of sulfonamides is 1. The Hall–Kier alpha value is -1.89. The summed E-state index contributed by atoms with van der Waals surface area (Å²) in [6.07, 6.45) is 0. The molecule has 5 nitrogen and oxygen atoms in total. The monoisotopic (exact) mass is 364 g/mol. The molecule has 2 aromatic carbocycles. The fourth-order valence-corrected chi connectivity index (χ4v) is 4.61. The van der Waals surface area contributed by atoms with E-state index in [4.69, 9.17) is 11.6 Å². The van der Waals surface area contributed by atoms with Gasteiger partial charge in [0.05, 0.1) is 4.90 Å². The Bertz CT molecular complexity index is 866. The molecule has 1 aliphatic rings. The van der Waals surface area contributed by atoms with Crippen LogP contribution in [0.3, 0.4) is 0 Å². The summed E-state index contributed by atoms with van der Waals surface area (Å²) in [6, 6.07) is 12.5. The highest BCUT2D eigenvalue weighted by Crippen LogP contribution is 2.30. The number of nitrogens with zero attached hydrogens (tertiary/aromatic N) is 1. The van der Waals surface area contributed by atoms with Crippen LogP contribution in [0.1, 0.15) is 17.2 Å². The first kappa shape index (κ1) is 17.0. The summed E-state index contributed by atoms with van der Waals surface area (Å²) < 4.78 is 27.3. The van der Waals surface area contributed by atoms with Crippen LogP contribution in [0.15, 0.2) is 53.4 Å². The molecule has 0 radical (unpaired) electrons. The molecule has 1 atom stereocenters. The summed E-state index contributed by atoms with van der Waals surface area (Å²) >= 11 is 5.93. The molecule has 1 heterocycles. The predicted octanol–water partition coefficient (Wildman–Crippen LogP) is 2.51. The van der Waals surface area contributed by atoms with Crippen molar-refractivity contribution in [2.24, 2.45) is 0 Å². The van der Waals surface area contributed by atoms with Gasteiger partial charge in [-0.05, 0) is 30.7 Å². The van der Waals surface area contributed by atoms with E-state index in [1.54, 1.807) is 24.3 Å². The van der Waals surface area contributed by atoms with Gasteiger partial charge in [-0.2, -0.15) is 4.31 Å². The van der Waals surface area contributed by atoms with E-state index < -0.39 is 16.1 Å². The first-order valence-electron chi connectivity index (χ1n) is 7.51. The highest BCUT2D eigenvalue weighted by atomic mass is 35.5. The van der Waals surface area contributed by atoms with Gasteiger partial charge in [0.25, 0.3) is 0 Å². The number of rotatable bonds is 3.